The first-order valence-electron chi connectivity index (χ1n) is 6.15. The molecular formula is C13H14BrNO4S. The van der Waals surface area contributed by atoms with E-state index in [-0.39, 0.29) is 17.5 Å². The standard InChI is InChI=1S/C13H14BrNO4S/c14-12-9(2-1-3-10(12)15(18)19)7-20-8-13(4-5-13)6-11(16)17/h1-3H,4-8H2,(H,16,17). The first kappa shape index (κ1) is 15.3. The fourth-order valence-corrected chi connectivity index (χ4v) is 4.19. The Morgan fingerprint density at radius 1 is 1.50 bits per heavy atom. The Morgan fingerprint density at radius 3 is 2.75 bits per heavy atom. The van der Waals surface area contributed by atoms with Crippen molar-refractivity contribution in [3.05, 3.63) is 38.3 Å². The molecule has 1 fully saturated rings. The summed E-state index contributed by atoms with van der Waals surface area (Å²) < 4.78 is 0.514. The molecule has 108 valence electrons. The molecule has 1 saturated carbocycles. The number of carboxylic acid groups (broad SMARTS) is 1. The molecule has 0 atom stereocenters. The Labute approximate surface area is 129 Å². The van der Waals surface area contributed by atoms with E-state index in [4.69, 9.17) is 5.11 Å². The van der Waals surface area contributed by atoms with Gasteiger partial charge >= 0.3 is 5.97 Å². The van der Waals surface area contributed by atoms with E-state index < -0.39 is 10.9 Å². The van der Waals surface area contributed by atoms with E-state index in [9.17, 15) is 14.9 Å². The minimum absolute atomic E-state index is 0.0519. The second-order valence-electron chi connectivity index (χ2n) is 5.07. The van der Waals surface area contributed by atoms with E-state index in [1.54, 1.807) is 17.8 Å². The van der Waals surface area contributed by atoms with Gasteiger partial charge in [-0.3, -0.25) is 14.9 Å². The number of nitro benzene ring substituents is 1. The van der Waals surface area contributed by atoms with Gasteiger partial charge in [-0.1, -0.05) is 12.1 Å². The molecule has 0 aliphatic heterocycles. The van der Waals surface area contributed by atoms with Crippen molar-refractivity contribution in [2.75, 3.05) is 5.75 Å². The summed E-state index contributed by atoms with van der Waals surface area (Å²) in [5, 5.41) is 19.7. The van der Waals surface area contributed by atoms with E-state index in [2.05, 4.69) is 15.9 Å². The molecule has 0 amide bonds. The Kier molecular flexibility index (Phi) is 4.70. The van der Waals surface area contributed by atoms with E-state index in [1.165, 1.54) is 6.07 Å². The molecule has 1 aliphatic carbocycles. The summed E-state index contributed by atoms with van der Waals surface area (Å²) in [6.07, 6.45) is 2.14. The van der Waals surface area contributed by atoms with E-state index in [0.29, 0.717) is 10.2 Å². The van der Waals surface area contributed by atoms with Crippen molar-refractivity contribution in [3.63, 3.8) is 0 Å². The molecule has 0 unspecified atom stereocenters. The number of nitrogens with zero attached hydrogens (tertiary/aromatic N) is 1. The number of nitro groups is 1. The van der Waals surface area contributed by atoms with Gasteiger partial charge in [-0.2, -0.15) is 11.8 Å². The molecule has 1 N–H and O–H groups in total. The number of hydrogen-bond acceptors (Lipinski definition) is 4. The van der Waals surface area contributed by atoms with Gasteiger partial charge in [0.2, 0.25) is 0 Å². The lowest BCUT2D eigenvalue weighted by Crippen LogP contribution is -2.11. The molecule has 20 heavy (non-hydrogen) atoms. The first-order valence-corrected chi connectivity index (χ1v) is 8.10. The van der Waals surface area contributed by atoms with Crippen LogP contribution in [0, 0.1) is 15.5 Å². The molecule has 0 saturated heterocycles. The van der Waals surface area contributed by atoms with Crippen LogP contribution in [-0.4, -0.2) is 21.8 Å². The molecule has 2 rings (SSSR count). The molecular weight excluding hydrogens is 346 g/mol. The van der Waals surface area contributed by atoms with Crippen LogP contribution in [0.15, 0.2) is 22.7 Å². The average Bonchev–Trinajstić information content (AvgIpc) is 3.10. The Hall–Kier alpha value is -1.08. The summed E-state index contributed by atoms with van der Waals surface area (Å²) in [7, 11) is 0. The molecule has 0 aromatic heterocycles. The third-order valence-electron chi connectivity index (χ3n) is 3.40. The van der Waals surface area contributed by atoms with E-state index in [0.717, 1.165) is 24.2 Å². The summed E-state index contributed by atoms with van der Waals surface area (Å²) in [5.74, 6) is 0.678. The minimum atomic E-state index is -0.750. The van der Waals surface area contributed by atoms with Crippen LogP contribution in [0.3, 0.4) is 0 Å². The van der Waals surface area contributed by atoms with Gasteiger partial charge in [0.15, 0.2) is 0 Å². The second-order valence-corrected chi connectivity index (χ2v) is 6.85. The smallest absolute Gasteiger partial charge is 0.303 e. The maximum absolute atomic E-state index is 10.8. The Balaban J connectivity index is 1.93. The SMILES string of the molecule is O=C(O)CC1(CSCc2cccc([N+](=O)[O-])c2Br)CC1. The number of halogens is 1. The lowest BCUT2D eigenvalue weighted by Gasteiger charge is -2.12. The van der Waals surface area contributed by atoms with Crippen LogP contribution in [0.2, 0.25) is 0 Å². The van der Waals surface area contributed by atoms with Gasteiger partial charge in [-0.05, 0) is 45.5 Å². The number of carboxylic acids is 1. The molecule has 0 heterocycles. The Bertz CT molecular complexity index is 545. The topological polar surface area (TPSA) is 80.4 Å². The summed E-state index contributed by atoms with van der Waals surface area (Å²) in [4.78, 5) is 21.2. The van der Waals surface area contributed by atoms with Gasteiger partial charge in [0, 0.05) is 11.8 Å². The second kappa shape index (κ2) is 6.13. The largest absolute Gasteiger partial charge is 0.481 e. The summed E-state index contributed by atoms with van der Waals surface area (Å²) in [6, 6.07) is 4.98. The molecule has 1 aromatic rings. The van der Waals surface area contributed by atoms with Gasteiger partial charge in [0.25, 0.3) is 5.69 Å². The lowest BCUT2D eigenvalue weighted by molar-refractivity contribution is -0.385. The van der Waals surface area contributed by atoms with Crippen LogP contribution in [0.25, 0.3) is 0 Å². The molecule has 0 radical (unpaired) electrons. The highest BCUT2D eigenvalue weighted by Crippen LogP contribution is 2.51. The molecule has 5 nitrogen and oxygen atoms in total. The molecule has 0 bridgehead atoms. The van der Waals surface area contributed by atoms with Gasteiger partial charge in [0.05, 0.1) is 15.8 Å². The average molecular weight is 360 g/mol. The molecule has 0 spiro atoms. The molecule has 1 aromatic carbocycles. The number of aliphatic carboxylic acids is 1. The first-order chi connectivity index (χ1) is 9.43. The summed E-state index contributed by atoms with van der Waals surface area (Å²) in [6.45, 7) is 0. The number of carbonyl (C=O) groups is 1. The summed E-state index contributed by atoms with van der Waals surface area (Å²) in [5.41, 5.74) is 0.883. The van der Waals surface area contributed by atoms with Crippen LogP contribution in [-0.2, 0) is 10.5 Å². The molecule has 1 aliphatic rings. The van der Waals surface area contributed by atoms with Crippen LogP contribution in [0.4, 0.5) is 5.69 Å². The van der Waals surface area contributed by atoms with Crippen LogP contribution in [0.5, 0.6) is 0 Å². The van der Waals surface area contributed by atoms with Crippen molar-refractivity contribution in [1.82, 2.24) is 0 Å². The fraction of sp³-hybridized carbons (Fsp3) is 0.462. The zero-order valence-corrected chi connectivity index (χ0v) is 13.1. The normalized spacial score (nSPS) is 15.8. The number of rotatable bonds is 7. The van der Waals surface area contributed by atoms with Gasteiger partial charge < -0.3 is 5.11 Å². The highest BCUT2D eigenvalue weighted by molar-refractivity contribution is 9.10. The highest BCUT2D eigenvalue weighted by Gasteiger charge is 2.44. The predicted molar refractivity (Wildman–Crippen MR) is 80.9 cm³/mol. The maximum atomic E-state index is 10.8. The zero-order chi connectivity index (χ0) is 14.8. The van der Waals surface area contributed by atoms with Crippen LogP contribution in [0.1, 0.15) is 24.8 Å². The van der Waals surface area contributed by atoms with E-state index in [1.807, 2.05) is 6.07 Å². The minimum Gasteiger partial charge on any atom is -0.481 e. The fourth-order valence-electron chi connectivity index (χ4n) is 2.07. The molecule has 7 heteroatoms. The third-order valence-corrected chi connectivity index (χ3v) is 5.65. The van der Waals surface area contributed by atoms with Crippen LogP contribution < -0.4 is 0 Å². The van der Waals surface area contributed by atoms with Crippen LogP contribution >= 0.6 is 27.7 Å². The third kappa shape index (κ3) is 3.73. The number of benzene rings is 1. The van der Waals surface area contributed by atoms with Crippen molar-refractivity contribution in [2.45, 2.75) is 25.0 Å². The number of thioether (sulfide) groups is 1. The Morgan fingerprint density at radius 2 is 2.20 bits per heavy atom. The monoisotopic (exact) mass is 359 g/mol. The van der Waals surface area contributed by atoms with Crippen molar-refractivity contribution < 1.29 is 14.8 Å². The maximum Gasteiger partial charge on any atom is 0.303 e. The van der Waals surface area contributed by atoms with Crippen molar-refractivity contribution in [1.29, 1.82) is 0 Å². The van der Waals surface area contributed by atoms with Gasteiger partial charge in [-0.25, -0.2) is 0 Å². The highest BCUT2D eigenvalue weighted by atomic mass is 79.9. The summed E-state index contributed by atoms with van der Waals surface area (Å²) >= 11 is 4.91. The van der Waals surface area contributed by atoms with Crippen molar-refractivity contribution >= 4 is 39.3 Å². The van der Waals surface area contributed by atoms with Crippen molar-refractivity contribution in [3.8, 4) is 0 Å². The van der Waals surface area contributed by atoms with Gasteiger partial charge in [-0.15, -0.1) is 0 Å². The lowest BCUT2D eigenvalue weighted by atomic mass is 10.1. The quantitative estimate of drug-likeness (QED) is 0.590. The van der Waals surface area contributed by atoms with Gasteiger partial charge in [0.1, 0.15) is 0 Å². The number of hydrogen-bond donors (Lipinski definition) is 1. The van der Waals surface area contributed by atoms with E-state index >= 15 is 0 Å². The predicted octanol–water partition coefficient (Wildman–Crippen LogP) is 3.85. The zero-order valence-electron chi connectivity index (χ0n) is 10.7. The van der Waals surface area contributed by atoms with Crippen molar-refractivity contribution in [2.24, 2.45) is 5.41 Å².